The Hall–Kier alpha value is -4.26. The van der Waals surface area contributed by atoms with Gasteiger partial charge in [0, 0.05) is 41.6 Å². The third kappa shape index (κ3) is 2.68. The standard InChI is InChI=1S/C26H20N4O3/c31-23-18-8-2-1-7-17(18)19(15-28-23)24(32)30-13-11-26(22(30)16-6-5-12-27-14-16)20-9-3-4-10-21(20)29-25(26)33/h1-10,12,14-15,22H,11,13H2,(H,28,31)(H,29,33). The lowest BCUT2D eigenvalue weighted by Crippen LogP contribution is -2.42. The van der Waals surface area contributed by atoms with Gasteiger partial charge in [0.05, 0.1) is 11.6 Å². The fourth-order valence-corrected chi connectivity index (χ4v) is 5.45. The topological polar surface area (TPSA) is 95.2 Å². The number of carbonyl (C=O) groups excluding carboxylic acids is 2. The van der Waals surface area contributed by atoms with Crippen LogP contribution in [0.2, 0.25) is 0 Å². The average molecular weight is 436 g/mol. The van der Waals surface area contributed by atoms with E-state index >= 15 is 0 Å². The number of anilines is 1. The van der Waals surface area contributed by atoms with E-state index in [4.69, 9.17) is 0 Å². The van der Waals surface area contributed by atoms with Gasteiger partial charge in [0.2, 0.25) is 5.91 Å². The van der Waals surface area contributed by atoms with Crippen LogP contribution in [0.4, 0.5) is 5.69 Å². The molecule has 162 valence electrons. The highest BCUT2D eigenvalue weighted by molar-refractivity contribution is 6.10. The van der Waals surface area contributed by atoms with Gasteiger partial charge in [0.1, 0.15) is 5.41 Å². The number of fused-ring (bicyclic) bond motifs is 3. The number of pyridine rings is 2. The SMILES string of the molecule is O=C(c1c[nH]c(=O)c2ccccc12)N1CCC2(C(=O)Nc3ccccc32)C1c1cccnc1. The Labute approximate surface area is 189 Å². The molecular weight excluding hydrogens is 416 g/mol. The molecule has 0 bridgehead atoms. The lowest BCUT2D eigenvalue weighted by Gasteiger charge is -2.34. The van der Waals surface area contributed by atoms with Crippen molar-refractivity contribution in [2.45, 2.75) is 17.9 Å². The lowest BCUT2D eigenvalue weighted by atomic mass is 9.73. The fourth-order valence-electron chi connectivity index (χ4n) is 5.45. The van der Waals surface area contributed by atoms with Crippen LogP contribution in [-0.2, 0) is 10.2 Å². The van der Waals surface area contributed by atoms with Gasteiger partial charge in [-0.25, -0.2) is 0 Å². The van der Waals surface area contributed by atoms with Gasteiger partial charge in [-0.15, -0.1) is 0 Å². The van der Waals surface area contributed by atoms with E-state index in [0.717, 1.165) is 16.8 Å². The Kier molecular flexibility index (Phi) is 4.20. The summed E-state index contributed by atoms with van der Waals surface area (Å²) in [5.41, 5.74) is 1.72. The summed E-state index contributed by atoms with van der Waals surface area (Å²) in [6.45, 7) is 0.396. The third-order valence-corrected chi connectivity index (χ3v) is 6.89. The maximum Gasteiger partial charge on any atom is 0.256 e. The van der Waals surface area contributed by atoms with E-state index in [-0.39, 0.29) is 17.4 Å². The number of hydrogen-bond donors (Lipinski definition) is 2. The molecule has 0 aliphatic carbocycles. The number of hydrogen-bond acceptors (Lipinski definition) is 4. The molecule has 6 rings (SSSR count). The van der Waals surface area contributed by atoms with Crippen LogP contribution >= 0.6 is 0 Å². The minimum atomic E-state index is -0.909. The molecule has 1 spiro atoms. The minimum absolute atomic E-state index is 0.112. The highest BCUT2D eigenvalue weighted by atomic mass is 16.2. The van der Waals surface area contributed by atoms with Gasteiger partial charge < -0.3 is 15.2 Å². The quantitative estimate of drug-likeness (QED) is 0.504. The molecule has 7 heteroatoms. The monoisotopic (exact) mass is 436 g/mol. The Morgan fingerprint density at radius 3 is 2.61 bits per heavy atom. The van der Waals surface area contributed by atoms with Crippen molar-refractivity contribution in [3.63, 3.8) is 0 Å². The lowest BCUT2D eigenvalue weighted by molar-refractivity contribution is -0.121. The minimum Gasteiger partial charge on any atom is -0.330 e. The summed E-state index contributed by atoms with van der Waals surface area (Å²) < 4.78 is 0. The molecule has 2 N–H and O–H groups in total. The molecule has 0 saturated carbocycles. The van der Waals surface area contributed by atoms with Crippen molar-refractivity contribution in [2.24, 2.45) is 0 Å². The first-order chi connectivity index (χ1) is 16.1. The zero-order valence-corrected chi connectivity index (χ0v) is 17.6. The number of aromatic nitrogens is 2. The summed E-state index contributed by atoms with van der Waals surface area (Å²) >= 11 is 0. The van der Waals surface area contributed by atoms with Crippen molar-refractivity contribution < 1.29 is 9.59 Å². The molecular formula is C26H20N4O3. The van der Waals surface area contributed by atoms with Crippen molar-refractivity contribution in [3.8, 4) is 0 Å². The molecule has 4 aromatic rings. The summed E-state index contributed by atoms with van der Waals surface area (Å²) in [4.78, 5) is 48.5. The molecule has 2 aliphatic rings. The second-order valence-corrected chi connectivity index (χ2v) is 8.49. The Morgan fingerprint density at radius 1 is 1.00 bits per heavy atom. The summed E-state index contributed by atoms with van der Waals surface area (Å²) in [5.74, 6) is -0.343. The van der Waals surface area contributed by atoms with E-state index in [1.807, 2.05) is 42.5 Å². The average Bonchev–Trinajstić information content (AvgIpc) is 3.39. The highest BCUT2D eigenvalue weighted by Crippen LogP contribution is 2.54. The first kappa shape index (κ1) is 19.4. The van der Waals surface area contributed by atoms with Crippen LogP contribution in [0, 0.1) is 0 Å². The first-order valence-corrected chi connectivity index (χ1v) is 10.8. The number of nitrogens with one attached hydrogen (secondary N) is 2. The van der Waals surface area contributed by atoms with Crippen molar-refractivity contribution >= 4 is 28.3 Å². The summed E-state index contributed by atoms with van der Waals surface area (Å²) in [6.07, 6.45) is 5.36. The zero-order valence-electron chi connectivity index (χ0n) is 17.6. The Balaban J connectivity index is 1.54. The van der Waals surface area contributed by atoms with E-state index in [9.17, 15) is 14.4 Å². The Bertz CT molecular complexity index is 1480. The maximum atomic E-state index is 14.0. The second kappa shape index (κ2) is 7.13. The number of amides is 2. The molecule has 2 aromatic heterocycles. The first-order valence-electron chi connectivity index (χ1n) is 10.8. The van der Waals surface area contributed by atoms with Crippen LogP contribution in [0.1, 0.15) is 33.9 Å². The number of aromatic amines is 1. The molecule has 2 atom stereocenters. The second-order valence-electron chi connectivity index (χ2n) is 8.49. The molecule has 2 unspecified atom stereocenters. The predicted octanol–water partition coefficient (Wildman–Crippen LogP) is 3.40. The van der Waals surface area contributed by atoms with Gasteiger partial charge in [-0.1, -0.05) is 42.5 Å². The summed E-state index contributed by atoms with van der Waals surface area (Å²) in [5, 5.41) is 4.07. The number of nitrogens with zero attached hydrogens (tertiary/aromatic N) is 2. The highest BCUT2D eigenvalue weighted by Gasteiger charge is 2.59. The van der Waals surface area contributed by atoms with E-state index in [0.29, 0.717) is 29.3 Å². The number of carbonyl (C=O) groups is 2. The molecule has 2 amide bonds. The van der Waals surface area contributed by atoms with Gasteiger partial charge in [-0.05, 0) is 35.7 Å². The van der Waals surface area contributed by atoms with Crippen LogP contribution in [0.25, 0.3) is 10.8 Å². The molecule has 33 heavy (non-hydrogen) atoms. The van der Waals surface area contributed by atoms with Crippen LogP contribution < -0.4 is 10.9 Å². The van der Waals surface area contributed by atoms with Gasteiger partial charge in [0.25, 0.3) is 11.5 Å². The molecule has 4 heterocycles. The normalized spacial score (nSPS) is 21.4. The van der Waals surface area contributed by atoms with Gasteiger partial charge in [-0.3, -0.25) is 19.4 Å². The number of likely N-dealkylation sites (tertiary alicyclic amines) is 1. The van der Waals surface area contributed by atoms with Gasteiger partial charge in [0.15, 0.2) is 0 Å². The van der Waals surface area contributed by atoms with Crippen LogP contribution in [0.5, 0.6) is 0 Å². The summed E-state index contributed by atoms with van der Waals surface area (Å²) in [7, 11) is 0. The third-order valence-electron chi connectivity index (χ3n) is 6.89. The van der Waals surface area contributed by atoms with E-state index in [2.05, 4.69) is 15.3 Å². The molecule has 1 saturated heterocycles. The molecule has 0 radical (unpaired) electrons. The fraction of sp³-hybridized carbons (Fsp3) is 0.154. The Morgan fingerprint density at radius 2 is 1.79 bits per heavy atom. The number of para-hydroxylation sites is 1. The molecule has 7 nitrogen and oxygen atoms in total. The van der Waals surface area contributed by atoms with Crippen molar-refractivity contribution in [2.75, 3.05) is 11.9 Å². The van der Waals surface area contributed by atoms with E-state index in [1.165, 1.54) is 6.20 Å². The number of rotatable bonds is 2. The smallest absolute Gasteiger partial charge is 0.256 e. The summed E-state index contributed by atoms with van der Waals surface area (Å²) in [6, 6.07) is 17.9. The number of H-pyrrole nitrogens is 1. The van der Waals surface area contributed by atoms with Crippen LogP contribution in [0.15, 0.2) is 84.0 Å². The molecule has 1 fully saturated rings. The van der Waals surface area contributed by atoms with Gasteiger partial charge in [-0.2, -0.15) is 0 Å². The molecule has 2 aliphatic heterocycles. The molecule has 2 aromatic carbocycles. The number of benzene rings is 2. The zero-order chi connectivity index (χ0) is 22.6. The van der Waals surface area contributed by atoms with E-state index < -0.39 is 11.5 Å². The van der Waals surface area contributed by atoms with Gasteiger partial charge >= 0.3 is 0 Å². The van der Waals surface area contributed by atoms with Crippen molar-refractivity contribution in [1.82, 2.24) is 14.9 Å². The predicted molar refractivity (Wildman–Crippen MR) is 124 cm³/mol. The van der Waals surface area contributed by atoms with Crippen molar-refractivity contribution in [3.05, 3.63) is 106 Å². The largest absolute Gasteiger partial charge is 0.330 e. The maximum absolute atomic E-state index is 14.0. The van der Waals surface area contributed by atoms with Crippen LogP contribution in [0.3, 0.4) is 0 Å². The van der Waals surface area contributed by atoms with Crippen molar-refractivity contribution in [1.29, 1.82) is 0 Å². The van der Waals surface area contributed by atoms with Crippen LogP contribution in [-0.4, -0.2) is 33.2 Å². The van der Waals surface area contributed by atoms with E-state index in [1.54, 1.807) is 35.5 Å².